The Balaban J connectivity index is 1.51. The molecule has 2 N–H and O–H groups in total. The molecule has 0 aliphatic carbocycles. The molecule has 3 aromatic rings. The second-order valence-corrected chi connectivity index (χ2v) is 9.80. The third kappa shape index (κ3) is 5.95. The zero-order valence-corrected chi connectivity index (χ0v) is 23.6. The van der Waals surface area contributed by atoms with Gasteiger partial charge in [-0.05, 0) is 74.4 Å². The van der Waals surface area contributed by atoms with Gasteiger partial charge in [-0.15, -0.1) is 0 Å². The van der Waals surface area contributed by atoms with Crippen LogP contribution < -0.4 is 15.5 Å². The number of rotatable bonds is 6. The summed E-state index contributed by atoms with van der Waals surface area (Å²) in [5, 5.41) is 5.46. The SMILES string of the molecule is COC(=O)C1=C(C)N(c2ccc(C)c(C)c2)/C(=C/c2ccc(CNC(=O)C(=O)Nc3ccc(Cl)c(Cl)c3)o2)C1=O. The van der Waals surface area contributed by atoms with E-state index in [2.05, 4.69) is 10.6 Å². The summed E-state index contributed by atoms with van der Waals surface area (Å²) in [6.07, 6.45) is 1.51. The number of ether oxygens (including phenoxy) is 1. The summed E-state index contributed by atoms with van der Waals surface area (Å²) >= 11 is 11.8. The summed E-state index contributed by atoms with van der Waals surface area (Å²) in [4.78, 5) is 51.9. The molecule has 0 atom stereocenters. The summed E-state index contributed by atoms with van der Waals surface area (Å²) in [6.45, 7) is 5.52. The highest BCUT2D eigenvalue weighted by atomic mass is 35.5. The van der Waals surface area contributed by atoms with Crippen molar-refractivity contribution < 1.29 is 28.3 Å². The molecule has 0 saturated carbocycles. The number of hydrogen-bond donors (Lipinski definition) is 2. The zero-order valence-electron chi connectivity index (χ0n) is 22.1. The molecule has 9 nitrogen and oxygen atoms in total. The predicted molar refractivity (Wildman–Crippen MR) is 152 cm³/mol. The van der Waals surface area contributed by atoms with Crippen molar-refractivity contribution in [3.63, 3.8) is 0 Å². The van der Waals surface area contributed by atoms with Crippen LogP contribution in [-0.4, -0.2) is 30.7 Å². The lowest BCUT2D eigenvalue weighted by molar-refractivity contribution is -0.137. The maximum Gasteiger partial charge on any atom is 0.343 e. The third-order valence-corrected chi connectivity index (χ3v) is 7.04. The summed E-state index contributed by atoms with van der Waals surface area (Å²) < 4.78 is 10.6. The number of Topliss-reactive ketones (excluding diaryl/α,β-unsaturated/α-hetero) is 1. The Morgan fingerprint density at radius 3 is 2.38 bits per heavy atom. The van der Waals surface area contributed by atoms with Crippen molar-refractivity contribution in [2.24, 2.45) is 0 Å². The molecule has 0 unspecified atom stereocenters. The normalized spacial score (nSPS) is 14.1. The van der Waals surface area contributed by atoms with Crippen molar-refractivity contribution in [1.29, 1.82) is 0 Å². The molecular weight excluding hydrogens is 557 g/mol. The number of ketones is 1. The predicted octanol–water partition coefficient (Wildman–Crippen LogP) is 5.34. The number of hydrogen-bond acceptors (Lipinski definition) is 7. The van der Waals surface area contributed by atoms with Gasteiger partial charge < -0.3 is 24.7 Å². The topological polar surface area (TPSA) is 118 Å². The highest BCUT2D eigenvalue weighted by Gasteiger charge is 2.38. The third-order valence-electron chi connectivity index (χ3n) is 6.30. The van der Waals surface area contributed by atoms with E-state index < -0.39 is 23.6 Å². The fourth-order valence-electron chi connectivity index (χ4n) is 4.07. The van der Waals surface area contributed by atoms with Gasteiger partial charge in [-0.3, -0.25) is 14.4 Å². The van der Waals surface area contributed by atoms with Gasteiger partial charge in [0.25, 0.3) is 0 Å². The van der Waals surface area contributed by atoms with E-state index >= 15 is 0 Å². The van der Waals surface area contributed by atoms with Crippen molar-refractivity contribution in [2.75, 3.05) is 17.3 Å². The molecule has 0 bridgehead atoms. The average Bonchev–Trinajstić information content (AvgIpc) is 3.47. The van der Waals surface area contributed by atoms with Crippen LogP contribution in [-0.2, 0) is 30.5 Å². The van der Waals surface area contributed by atoms with Gasteiger partial charge in [0.2, 0.25) is 5.78 Å². The number of anilines is 2. The number of methoxy groups -OCH3 is 1. The van der Waals surface area contributed by atoms with E-state index in [1.54, 1.807) is 24.0 Å². The van der Waals surface area contributed by atoms with Crippen LogP contribution in [0, 0.1) is 13.8 Å². The minimum absolute atomic E-state index is 0.0704. The zero-order chi connectivity index (χ0) is 29.1. The summed E-state index contributed by atoms with van der Waals surface area (Å²) in [7, 11) is 1.22. The molecule has 1 aliphatic rings. The Labute approximate surface area is 240 Å². The van der Waals surface area contributed by atoms with Gasteiger partial charge in [0, 0.05) is 23.1 Å². The number of amides is 2. The first-order valence-electron chi connectivity index (χ1n) is 12.1. The van der Waals surface area contributed by atoms with Crippen LogP contribution in [0.15, 0.2) is 69.9 Å². The molecule has 1 aliphatic heterocycles. The number of benzene rings is 2. The fourth-order valence-corrected chi connectivity index (χ4v) is 4.37. The average molecular weight is 582 g/mol. The second kappa shape index (κ2) is 11.8. The second-order valence-electron chi connectivity index (χ2n) is 8.98. The highest BCUT2D eigenvalue weighted by molar-refractivity contribution is 6.43. The summed E-state index contributed by atoms with van der Waals surface area (Å²) in [5.41, 5.74) is 3.67. The number of carbonyl (C=O) groups excluding carboxylic acids is 4. The van der Waals surface area contributed by atoms with Crippen LogP contribution in [0.2, 0.25) is 10.0 Å². The number of allylic oxidation sites excluding steroid dienone is 2. The molecule has 2 heterocycles. The standard InChI is InChI=1S/C29H25Cl2N3O6/c1-15-5-7-19(11-16(15)2)34-17(3)25(29(38)39-4)26(35)24(34)13-20-8-9-21(40-20)14-32-27(36)28(37)33-18-6-10-22(30)23(31)12-18/h5-13H,14H2,1-4H3,(H,32,36)(H,33,37)/b24-13+. The van der Waals surface area contributed by atoms with Crippen LogP contribution in [0.1, 0.15) is 29.6 Å². The number of nitrogens with one attached hydrogen (secondary N) is 2. The first-order valence-corrected chi connectivity index (χ1v) is 12.8. The molecule has 0 radical (unpaired) electrons. The Kier molecular flexibility index (Phi) is 8.46. The summed E-state index contributed by atoms with van der Waals surface area (Å²) in [5.74, 6) is -2.39. The lowest BCUT2D eigenvalue weighted by Crippen LogP contribution is -2.34. The van der Waals surface area contributed by atoms with E-state index in [1.165, 1.54) is 31.4 Å². The fraction of sp³-hybridized carbons (Fsp3) is 0.172. The maximum absolute atomic E-state index is 13.3. The van der Waals surface area contributed by atoms with Gasteiger partial charge in [-0.25, -0.2) is 4.79 Å². The molecule has 4 rings (SSSR count). The Morgan fingerprint density at radius 1 is 0.950 bits per heavy atom. The van der Waals surface area contributed by atoms with Crippen LogP contribution in [0.5, 0.6) is 0 Å². The number of carbonyl (C=O) groups is 4. The highest BCUT2D eigenvalue weighted by Crippen LogP contribution is 2.36. The van der Waals surface area contributed by atoms with Crippen molar-refractivity contribution in [2.45, 2.75) is 27.3 Å². The molecule has 206 valence electrons. The van der Waals surface area contributed by atoms with E-state index in [9.17, 15) is 19.2 Å². The van der Waals surface area contributed by atoms with Crippen LogP contribution in [0.25, 0.3) is 6.08 Å². The van der Waals surface area contributed by atoms with E-state index in [4.69, 9.17) is 32.4 Å². The Bertz CT molecular complexity index is 1600. The van der Waals surface area contributed by atoms with E-state index in [-0.39, 0.29) is 22.8 Å². The quantitative estimate of drug-likeness (QED) is 0.175. The minimum atomic E-state index is -0.898. The molecule has 2 aromatic carbocycles. The number of nitrogens with zero attached hydrogens (tertiary/aromatic N) is 1. The van der Waals surface area contributed by atoms with Crippen molar-refractivity contribution in [1.82, 2.24) is 5.32 Å². The van der Waals surface area contributed by atoms with Crippen molar-refractivity contribution in [3.05, 3.63) is 98.2 Å². The molecule has 2 amide bonds. The first-order chi connectivity index (χ1) is 19.0. The maximum atomic E-state index is 13.3. The lowest BCUT2D eigenvalue weighted by Gasteiger charge is -2.22. The molecule has 0 fully saturated rings. The van der Waals surface area contributed by atoms with Crippen LogP contribution >= 0.6 is 23.2 Å². The number of aryl methyl sites for hydroxylation is 2. The largest absolute Gasteiger partial charge is 0.465 e. The smallest absolute Gasteiger partial charge is 0.343 e. The number of esters is 1. The molecule has 0 spiro atoms. The van der Waals surface area contributed by atoms with Gasteiger partial charge in [0.1, 0.15) is 17.1 Å². The van der Waals surface area contributed by atoms with Gasteiger partial charge >= 0.3 is 17.8 Å². The minimum Gasteiger partial charge on any atom is -0.465 e. The molecule has 40 heavy (non-hydrogen) atoms. The number of halogens is 2. The van der Waals surface area contributed by atoms with Gasteiger partial charge in [-0.2, -0.15) is 0 Å². The molecular formula is C29H25Cl2N3O6. The molecule has 0 saturated heterocycles. The van der Waals surface area contributed by atoms with Crippen molar-refractivity contribution >= 4 is 64.2 Å². The van der Waals surface area contributed by atoms with E-state index in [0.717, 1.165) is 11.1 Å². The summed E-state index contributed by atoms with van der Waals surface area (Å²) in [6, 6.07) is 13.4. The lowest BCUT2D eigenvalue weighted by atomic mass is 10.1. The van der Waals surface area contributed by atoms with Gasteiger partial charge in [0.15, 0.2) is 0 Å². The Hall–Kier alpha value is -4.34. The van der Waals surface area contributed by atoms with E-state index in [1.807, 2.05) is 32.0 Å². The van der Waals surface area contributed by atoms with Crippen LogP contribution in [0.3, 0.4) is 0 Å². The Morgan fingerprint density at radius 2 is 1.70 bits per heavy atom. The van der Waals surface area contributed by atoms with E-state index in [0.29, 0.717) is 33.6 Å². The van der Waals surface area contributed by atoms with Crippen LogP contribution in [0.4, 0.5) is 11.4 Å². The molecule has 11 heteroatoms. The number of furan rings is 1. The van der Waals surface area contributed by atoms with Gasteiger partial charge in [-0.1, -0.05) is 29.3 Å². The van der Waals surface area contributed by atoms with Gasteiger partial charge in [0.05, 0.1) is 29.4 Å². The first kappa shape index (κ1) is 28.7. The molecule has 1 aromatic heterocycles. The monoisotopic (exact) mass is 581 g/mol. The van der Waals surface area contributed by atoms with Crippen molar-refractivity contribution in [3.8, 4) is 0 Å².